The summed E-state index contributed by atoms with van der Waals surface area (Å²) < 4.78 is 29.2. The molecule has 2 atom stereocenters. The summed E-state index contributed by atoms with van der Waals surface area (Å²) in [5.41, 5.74) is 2.65. The summed E-state index contributed by atoms with van der Waals surface area (Å²) in [6, 6.07) is 19.7. The summed E-state index contributed by atoms with van der Waals surface area (Å²) in [6.07, 6.45) is 2.86. The van der Waals surface area contributed by atoms with Crippen molar-refractivity contribution in [1.29, 1.82) is 0 Å². The number of nitrogens with one attached hydrogen (secondary N) is 2. The fraction of sp³-hybridized carbons (Fsp3) is 0.286. The zero-order chi connectivity index (χ0) is 26.4. The average molecular weight is 522 g/mol. The minimum absolute atomic E-state index is 0.0123. The van der Waals surface area contributed by atoms with E-state index in [1.165, 1.54) is 18.2 Å². The van der Waals surface area contributed by atoms with Gasteiger partial charge in [0.05, 0.1) is 23.4 Å². The lowest BCUT2D eigenvalue weighted by Crippen LogP contribution is -2.41. The molecule has 7 nitrogen and oxygen atoms in total. The Hall–Kier alpha value is -3.40. The van der Waals surface area contributed by atoms with Gasteiger partial charge in [0.2, 0.25) is 5.91 Å². The van der Waals surface area contributed by atoms with Crippen LogP contribution in [-0.4, -0.2) is 22.4 Å². The van der Waals surface area contributed by atoms with Crippen molar-refractivity contribution in [3.63, 3.8) is 0 Å². The monoisotopic (exact) mass is 521 g/mol. The second-order valence-corrected chi connectivity index (χ2v) is 10.5. The van der Waals surface area contributed by atoms with Gasteiger partial charge < -0.3 is 9.87 Å². The number of nitrogens with zero attached hydrogens (tertiary/aromatic N) is 1. The number of amides is 2. The Balaban J connectivity index is 1.27. The maximum Gasteiger partial charge on any atom is 0.316 e. The second-order valence-electron chi connectivity index (χ2n) is 9.22. The molecule has 1 aliphatic carbocycles. The second kappa shape index (κ2) is 12.2. The fourth-order valence-electron chi connectivity index (χ4n) is 4.51. The number of nitroso groups, excluding NO2 is 1. The Morgan fingerprint density at radius 1 is 0.973 bits per heavy atom. The highest BCUT2D eigenvalue weighted by atomic mass is 32.2. The van der Waals surface area contributed by atoms with Gasteiger partial charge in [0, 0.05) is 16.7 Å². The number of rotatable bonds is 8. The highest BCUT2D eigenvalue weighted by molar-refractivity contribution is 7.89. The van der Waals surface area contributed by atoms with E-state index in [-0.39, 0.29) is 35.3 Å². The summed E-state index contributed by atoms with van der Waals surface area (Å²) in [5, 5.41) is 5.47. The van der Waals surface area contributed by atoms with Crippen molar-refractivity contribution in [2.24, 2.45) is 11.1 Å². The lowest BCUT2D eigenvalue weighted by atomic mass is 9.85. The van der Waals surface area contributed by atoms with Crippen LogP contribution in [0, 0.1) is 16.6 Å². The Bertz CT molecular complexity index is 1250. The minimum atomic E-state index is -1.41. The minimum Gasteiger partial charge on any atom is -0.593 e. The van der Waals surface area contributed by atoms with Crippen LogP contribution in [0.15, 0.2) is 82.9 Å². The van der Waals surface area contributed by atoms with Gasteiger partial charge in [0.1, 0.15) is 5.82 Å². The molecule has 9 heteroatoms. The molecule has 37 heavy (non-hydrogen) atoms. The third-order valence-corrected chi connectivity index (χ3v) is 7.94. The summed E-state index contributed by atoms with van der Waals surface area (Å²) in [5.74, 6) is -1.25. The van der Waals surface area contributed by atoms with E-state index >= 15 is 0 Å². The van der Waals surface area contributed by atoms with E-state index in [9.17, 15) is 23.4 Å². The predicted octanol–water partition coefficient (Wildman–Crippen LogP) is 5.45. The first-order valence-corrected chi connectivity index (χ1v) is 13.3. The quantitative estimate of drug-likeness (QED) is 0.303. The van der Waals surface area contributed by atoms with Crippen molar-refractivity contribution < 1.29 is 18.5 Å². The summed E-state index contributed by atoms with van der Waals surface area (Å²) in [7, 11) is 0. The molecule has 0 aliphatic heterocycles. The zero-order valence-corrected chi connectivity index (χ0v) is 21.2. The Kier molecular flexibility index (Phi) is 8.81. The van der Waals surface area contributed by atoms with Crippen molar-refractivity contribution in [2.75, 3.05) is 0 Å². The van der Waals surface area contributed by atoms with Crippen LogP contribution in [0.2, 0.25) is 0 Å². The highest BCUT2D eigenvalue weighted by Gasteiger charge is 2.29. The topological polar surface area (TPSA) is 111 Å². The molecule has 1 unspecified atom stereocenters. The maximum absolute atomic E-state index is 13.1. The lowest BCUT2D eigenvalue weighted by molar-refractivity contribution is -0.126. The van der Waals surface area contributed by atoms with Gasteiger partial charge in [0.15, 0.2) is 4.90 Å². The van der Waals surface area contributed by atoms with E-state index in [0.717, 1.165) is 29.5 Å². The van der Waals surface area contributed by atoms with Gasteiger partial charge in [-0.3, -0.25) is 9.59 Å². The van der Waals surface area contributed by atoms with Crippen LogP contribution in [0.4, 0.5) is 4.39 Å². The van der Waals surface area contributed by atoms with Gasteiger partial charge in [0.25, 0.3) is 0 Å². The molecule has 192 valence electrons. The number of carbonyl (C=O) groups is 2. The first-order chi connectivity index (χ1) is 17.8. The van der Waals surface area contributed by atoms with Crippen LogP contribution < -0.4 is 10.0 Å². The van der Waals surface area contributed by atoms with E-state index in [2.05, 4.69) is 15.2 Å². The largest absolute Gasteiger partial charge is 0.593 e. The molecule has 0 spiro atoms. The summed E-state index contributed by atoms with van der Waals surface area (Å²) in [4.78, 5) is 35.4. The van der Waals surface area contributed by atoms with E-state index < -0.39 is 17.3 Å². The first kappa shape index (κ1) is 26.7. The molecule has 3 aromatic carbocycles. The van der Waals surface area contributed by atoms with E-state index in [1.807, 2.05) is 25.1 Å². The molecule has 2 amide bonds. The van der Waals surface area contributed by atoms with Gasteiger partial charge in [-0.25, -0.2) is 4.39 Å². The van der Waals surface area contributed by atoms with Gasteiger partial charge in [-0.05, 0) is 97.8 Å². The molecule has 3 aromatic rings. The molecule has 4 rings (SSSR count). The molecule has 0 saturated heterocycles. The summed E-state index contributed by atoms with van der Waals surface area (Å²) in [6.45, 7) is 1.88. The molecular weight excluding hydrogens is 493 g/mol. The molecular formula is C28H28FN3O4S. The van der Waals surface area contributed by atoms with Crippen LogP contribution in [0.25, 0.3) is 11.1 Å². The lowest BCUT2D eigenvalue weighted by Gasteiger charge is -2.29. The van der Waals surface area contributed by atoms with E-state index in [1.54, 1.807) is 36.4 Å². The van der Waals surface area contributed by atoms with Gasteiger partial charge >= 0.3 is 5.91 Å². The number of halogens is 1. The van der Waals surface area contributed by atoms with Crippen LogP contribution in [-0.2, 0) is 16.2 Å². The van der Waals surface area contributed by atoms with Crippen LogP contribution >= 0.6 is 0 Å². The van der Waals surface area contributed by atoms with E-state index in [0.29, 0.717) is 17.7 Å². The molecule has 2 N–H and O–H groups in total. The van der Waals surface area contributed by atoms with Crippen LogP contribution in [0.5, 0.6) is 0 Å². The van der Waals surface area contributed by atoms with E-state index in [4.69, 9.17) is 0 Å². The van der Waals surface area contributed by atoms with Gasteiger partial charge in [-0.1, -0.05) is 24.3 Å². The Morgan fingerprint density at radius 3 is 2.30 bits per heavy atom. The average Bonchev–Trinajstić information content (AvgIpc) is 2.93. The number of hydrogen-bond donors (Lipinski definition) is 2. The van der Waals surface area contributed by atoms with Crippen molar-refractivity contribution in [3.05, 3.63) is 94.6 Å². The first-order valence-electron chi connectivity index (χ1n) is 12.2. The van der Waals surface area contributed by atoms with Crippen molar-refractivity contribution in [3.8, 4) is 11.1 Å². The third kappa shape index (κ3) is 6.88. The molecule has 1 saturated carbocycles. The van der Waals surface area contributed by atoms with Gasteiger partial charge in [-0.15, -0.1) is 9.63 Å². The highest BCUT2D eigenvalue weighted by Crippen LogP contribution is 2.28. The zero-order valence-electron chi connectivity index (χ0n) is 20.4. The van der Waals surface area contributed by atoms with Gasteiger partial charge in [-0.2, -0.15) is 0 Å². The summed E-state index contributed by atoms with van der Waals surface area (Å²) >= 11 is -1.41. The molecule has 1 fully saturated rings. The molecule has 0 aromatic heterocycles. The molecule has 0 radical (unpaired) electrons. The number of hydrogen-bond acceptors (Lipinski definition) is 5. The standard InChI is InChI=1S/C28H28FN3O4S/c1-18(19-5-11-24(29)12-6-19)30-27(33)21-7-13-25(14-8-21)32-37(36)26-15-9-20(10-16-26)22-3-2-4-23(17-22)28(34)31-35/h2-6,9-12,15-18,21,25,32H,7-8,13-14H2,1H3,(H,30,33)/t18-,21-,25-,37?/m1/s1. The third-order valence-electron chi connectivity index (χ3n) is 6.69. The van der Waals surface area contributed by atoms with Crippen molar-refractivity contribution >= 4 is 23.2 Å². The number of carbonyl (C=O) groups excluding carboxylic acids is 2. The van der Waals surface area contributed by atoms with Crippen LogP contribution in [0.1, 0.15) is 54.6 Å². The smallest absolute Gasteiger partial charge is 0.316 e. The molecule has 0 heterocycles. The number of benzene rings is 3. The van der Waals surface area contributed by atoms with Crippen LogP contribution in [0.3, 0.4) is 0 Å². The molecule has 0 bridgehead atoms. The molecule has 1 aliphatic rings. The Morgan fingerprint density at radius 2 is 1.65 bits per heavy atom. The van der Waals surface area contributed by atoms with Crippen molar-refractivity contribution in [1.82, 2.24) is 10.0 Å². The Labute approximate surface area is 218 Å². The fourth-order valence-corrected chi connectivity index (χ4v) is 5.57. The normalized spacial score (nSPS) is 19.0. The van der Waals surface area contributed by atoms with Crippen molar-refractivity contribution in [2.45, 2.75) is 49.6 Å². The predicted molar refractivity (Wildman–Crippen MR) is 140 cm³/mol. The SMILES string of the molecule is C[C@@H](NC(=O)[C@H]1CC[C@H](N[S+]([O-])c2ccc(-c3cccc(C(=O)N=O)c3)cc2)CC1)c1ccc(F)cc1. The maximum atomic E-state index is 13.1.